The van der Waals surface area contributed by atoms with Crippen molar-refractivity contribution in [2.24, 2.45) is 0 Å². The van der Waals surface area contributed by atoms with Crippen LogP contribution in [0.1, 0.15) is 28.8 Å². The fourth-order valence-electron chi connectivity index (χ4n) is 5.17. The number of rotatable bonds is 7. The highest BCUT2D eigenvalue weighted by atomic mass is 35.5. The molecule has 210 valence electrons. The van der Waals surface area contributed by atoms with E-state index in [0.717, 1.165) is 11.8 Å². The zero-order valence-corrected chi connectivity index (χ0v) is 23.9. The van der Waals surface area contributed by atoms with Crippen LogP contribution in [-0.2, 0) is 21.2 Å². The van der Waals surface area contributed by atoms with Crippen LogP contribution >= 0.6 is 11.6 Å². The molecule has 1 atom stereocenters. The maximum Gasteiger partial charge on any atom is 0.254 e. The summed E-state index contributed by atoms with van der Waals surface area (Å²) in [6.45, 7) is 0.496. The van der Waals surface area contributed by atoms with E-state index in [9.17, 15) is 18.0 Å². The van der Waals surface area contributed by atoms with E-state index in [0.29, 0.717) is 41.1 Å². The van der Waals surface area contributed by atoms with Crippen LogP contribution in [0.25, 0.3) is 11.1 Å². The molecule has 0 N–H and O–H groups in total. The maximum absolute atomic E-state index is 15.6. The molecule has 6 nitrogen and oxygen atoms in total. The van der Waals surface area contributed by atoms with Crippen molar-refractivity contribution in [3.63, 3.8) is 0 Å². The summed E-state index contributed by atoms with van der Waals surface area (Å²) in [4.78, 5) is 30.6. The summed E-state index contributed by atoms with van der Waals surface area (Å²) in [5.41, 5.74) is 2.11. The number of hydrogen-bond donors (Lipinski definition) is 0. The van der Waals surface area contributed by atoms with Crippen molar-refractivity contribution in [1.82, 2.24) is 4.90 Å². The molecule has 1 aliphatic rings. The van der Waals surface area contributed by atoms with Crippen LogP contribution < -0.4 is 4.90 Å². The van der Waals surface area contributed by atoms with Crippen molar-refractivity contribution >= 4 is 38.9 Å². The molecule has 0 aliphatic carbocycles. The first-order valence-electron chi connectivity index (χ1n) is 13.1. The lowest BCUT2D eigenvalue weighted by Gasteiger charge is -2.39. The highest BCUT2D eigenvalue weighted by Gasteiger charge is 2.37. The van der Waals surface area contributed by atoms with E-state index in [1.807, 2.05) is 30.3 Å². The molecule has 9 heteroatoms. The van der Waals surface area contributed by atoms with Gasteiger partial charge in [0.05, 0.1) is 10.6 Å². The minimum atomic E-state index is -3.54. The Labute approximate surface area is 243 Å². The quantitative estimate of drug-likeness (QED) is 0.250. The van der Waals surface area contributed by atoms with Crippen molar-refractivity contribution in [1.29, 1.82) is 0 Å². The number of nitrogens with zero attached hydrogens (tertiary/aromatic N) is 2. The summed E-state index contributed by atoms with van der Waals surface area (Å²) >= 11 is 6.03. The molecule has 1 aliphatic heterocycles. The van der Waals surface area contributed by atoms with Gasteiger partial charge in [-0.3, -0.25) is 9.59 Å². The van der Waals surface area contributed by atoms with Crippen LogP contribution in [0.2, 0.25) is 5.02 Å². The maximum atomic E-state index is 15.6. The fourth-order valence-corrected chi connectivity index (χ4v) is 6.21. The molecule has 1 saturated heterocycles. The summed E-state index contributed by atoms with van der Waals surface area (Å²) < 4.78 is 40.2. The molecule has 0 aromatic heterocycles. The van der Waals surface area contributed by atoms with E-state index in [4.69, 9.17) is 11.6 Å². The Bertz CT molecular complexity index is 1690. The lowest BCUT2D eigenvalue weighted by atomic mass is 9.99. The van der Waals surface area contributed by atoms with Gasteiger partial charge in [0.25, 0.3) is 5.91 Å². The normalized spacial score (nSPS) is 15.5. The predicted octanol–water partition coefficient (Wildman–Crippen LogP) is 6.39. The van der Waals surface area contributed by atoms with Gasteiger partial charge in [-0.15, -0.1) is 0 Å². The predicted molar refractivity (Wildman–Crippen MR) is 158 cm³/mol. The summed E-state index contributed by atoms with van der Waals surface area (Å²) in [5, 5.41) is 0.495. The molecule has 0 radical (unpaired) electrons. The number of halogens is 2. The van der Waals surface area contributed by atoms with Gasteiger partial charge in [-0.2, -0.15) is 0 Å². The van der Waals surface area contributed by atoms with Crippen molar-refractivity contribution in [3.05, 3.63) is 119 Å². The number of piperidine rings is 1. The third-order valence-electron chi connectivity index (χ3n) is 7.17. The second-order valence-corrected chi connectivity index (χ2v) is 12.4. The van der Waals surface area contributed by atoms with Gasteiger partial charge in [-0.05, 0) is 66.4 Å². The van der Waals surface area contributed by atoms with Crippen LogP contribution in [0.3, 0.4) is 0 Å². The lowest BCUT2D eigenvalue weighted by molar-refractivity contribution is -0.124. The molecule has 1 heterocycles. The zero-order valence-electron chi connectivity index (χ0n) is 22.3. The van der Waals surface area contributed by atoms with Gasteiger partial charge >= 0.3 is 0 Å². The molecule has 5 rings (SSSR count). The number of sulfone groups is 1. The summed E-state index contributed by atoms with van der Waals surface area (Å²) in [6, 6.07) is 25.8. The largest absolute Gasteiger partial charge is 0.322 e. The standard InChI is InChI=1S/C32H28ClFN2O4S/c1-41(39,40)30-12-6-5-10-26(30)24-15-18-28(27(34)20-24)35-19-7-11-29(32(35)38)36(21-22-8-3-2-4-9-22)31(37)23-13-16-25(33)17-14-23/h2-6,8-10,12-18,20,29H,7,11,19,21H2,1H3. The molecular weight excluding hydrogens is 563 g/mol. The molecule has 1 fully saturated rings. The third kappa shape index (κ3) is 6.19. The smallest absolute Gasteiger partial charge is 0.254 e. The van der Waals surface area contributed by atoms with Crippen molar-refractivity contribution in [2.45, 2.75) is 30.3 Å². The summed E-state index contributed by atoms with van der Waals surface area (Å²) in [7, 11) is -3.54. The van der Waals surface area contributed by atoms with E-state index < -0.39 is 21.7 Å². The first kappa shape index (κ1) is 28.5. The molecule has 0 bridgehead atoms. The number of carbonyl (C=O) groups is 2. The Morgan fingerprint density at radius 2 is 1.66 bits per heavy atom. The van der Waals surface area contributed by atoms with Gasteiger partial charge in [0.1, 0.15) is 11.9 Å². The minimum absolute atomic E-state index is 0.0823. The Balaban J connectivity index is 1.47. The fraction of sp³-hybridized carbons (Fsp3) is 0.188. The van der Waals surface area contributed by atoms with E-state index >= 15 is 4.39 Å². The molecule has 0 saturated carbocycles. The SMILES string of the molecule is CS(=O)(=O)c1ccccc1-c1ccc(N2CCCC(N(Cc3ccccc3)C(=O)c3ccc(Cl)cc3)C2=O)c(F)c1. The van der Waals surface area contributed by atoms with Gasteiger partial charge in [0.2, 0.25) is 5.91 Å². The first-order valence-corrected chi connectivity index (χ1v) is 15.4. The van der Waals surface area contributed by atoms with Crippen LogP contribution in [0, 0.1) is 5.82 Å². The third-order valence-corrected chi connectivity index (χ3v) is 8.58. The number of amides is 2. The number of hydrogen-bond acceptors (Lipinski definition) is 4. The average molecular weight is 591 g/mol. The highest BCUT2D eigenvalue weighted by Crippen LogP contribution is 2.33. The second-order valence-electron chi connectivity index (χ2n) is 10.0. The summed E-state index contributed by atoms with van der Waals surface area (Å²) in [6.07, 6.45) is 2.10. The molecular formula is C32H28ClFN2O4S. The van der Waals surface area contributed by atoms with Crippen LogP contribution in [-0.4, -0.2) is 44.0 Å². The van der Waals surface area contributed by atoms with E-state index in [-0.39, 0.29) is 28.9 Å². The van der Waals surface area contributed by atoms with E-state index in [1.165, 1.54) is 23.1 Å². The van der Waals surface area contributed by atoms with Crippen LogP contribution in [0.4, 0.5) is 10.1 Å². The topological polar surface area (TPSA) is 74.8 Å². The monoisotopic (exact) mass is 590 g/mol. The molecule has 2 amide bonds. The number of anilines is 1. The Morgan fingerprint density at radius 3 is 2.34 bits per heavy atom. The minimum Gasteiger partial charge on any atom is -0.322 e. The number of benzene rings is 4. The van der Waals surface area contributed by atoms with Gasteiger partial charge < -0.3 is 9.80 Å². The average Bonchev–Trinajstić information content (AvgIpc) is 2.96. The van der Waals surface area contributed by atoms with Crippen molar-refractivity contribution in [3.8, 4) is 11.1 Å². The van der Waals surface area contributed by atoms with Gasteiger partial charge in [-0.25, -0.2) is 12.8 Å². The van der Waals surface area contributed by atoms with Crippen LogP contribution in [0.5, 0.6) is 0 Å². The molecule has 4 aromatic carbocycles. The molecule has 1 unspecified atom stereocenters. The van der Waals surface area contributed by atoms with E-state index in [2.05, 4.69) is 0 Å². The molecule has 4 aromatic rings. The van der Waals surface area contributed by atoms with Gasteiger partial charge in [-0.1, -0.05) is 66.2 Å². The number of carbonyl (C=O) groups excluding carboxylic acids is 2. The first-order chi connectivity index (χ1) is 19.6. The molecule has 0 spiro atoms. The van der Waals surface area contributed by atoms with Gasteiger partial charge in [0.15, 0.2) is 9.84 Å². The van der Waals surface area contributed by atoms with Crippen LogP contribution in [0.15, 0.2) is 102 Å². The van der Waals surface area contributed by atoms with Crippen molar-refractivity contribution in [2.75, 3.05) is 17.7 Å². The second kappa shape index (κ2) is 11.8. The Morgan fingerprint density at radius 1 is 0.976 bits per heavy atom. The van der Waals surface area contributed by atoms with E-state index in [1.54, 1.807) is 53.4 Å². The van der Waals surface area contributed by atoms with Gasteiger partial charge in [0, 0.05) is 35.5 Å². The highest BCUT2D eigenvalue weighted by molar-refractivity contribution is 7.90. The lowest BCUT2D eigenvalue weighted by Crippen LogP contribution is -2.54. The summed E-state index contributed by atoms with van der Waals surface area (Å²) in [5.74, 6) is -1.35. The molecule has 41 heavy (non-hydrogen) atoms. The van der Waals surface area contributed by atoms with Crippen molar-refractivity contribution < 1.29 is 22.4 Å². The Kier molecular flexibility index (Phi) is 8.24. The Hall–Kier alpha value is -4.01. The zero-order chi connectivity index (χ0) is 29.1.